The molecule has 1 heterocycles. The molecule has 0 radical (unpaired) electrons. The molecule has 13 nitrogen and oxygen atoms in total. The lowest BCUT2D eigenvalue weighted by Gasteiger charge is -2.26. The third-order valence-electron chi connectivity index (χ3n) is 5.43. The van der Waals surface area contributed by atoms with Crippen LogP contribution in [0.5, 0.6) is 0 Å². The summed E-state index contributed by atoms with van der Waals surface area (Å²) in [6.45, 7) is 7.46. The number of imide groups is 1. The van der Waals surface area contributed by atoms with Gasteiger partial charge in [0.25, 0.3) is 11.8 Å². The second-order valence-electron chi connectivity index (χ2n) is 9.17. The number of carbonyl (C=O) groups excluding carboxylic acids is 6. The Bertz CT molecular complexity index is 840. The molecule has 0 saturated heterocycles. The maximum Gasteiger partial charge on any atom is 0.312 e. The molecule has 0 saturated carbocycles. The number of rotatable bonds is 18. The fourth-order valence-electron chi connectivity index (χ4n) is 3.41. The Hall–Kier alpha value is -3.32. The van der Waals surface area contributed by atoms with Crippen LogP contribution < -0.4 is 21.7 Å². The number of nitrogens with two attached hydrogens (primary N) is 1. The lowest BCUT2D eigenvalue weighted by atomic mass is 9.96. The van der Waals surface area contributed by atoms with Crippen molar-refractivity contribution in [1.82, 2.24) is 20.9 Å². The van der Waals surface area contributed by atoms with Crippen LogP contribution in [0.2, 0.25) is 0 Å². The predicted octanol–water partition coefficient (Wildman–Crippen LogP) is -0.756. The van der Waals surface area contributed by atoms with Crippen molar-refractivity contribution < 1.29 is 38.2 Å². The molecule has 0 aromatic heterocycles. The van der Waals surface area contributed by atoms with Crippen molar-refractivity contribution in [2.24, 2.45) is 17.6 Å². The van der Waals surface area contributed by atoms with Crippen molar-refractivity contribution in [3.05, 3.63) is 12.2 Å². The third kappa shape index (κ3) is 12.0. The topological polar surface area (TPSA) is 186 Å². The number of nitrogens with one attached hydrogen (secondary N) is 3. The molecular weight excluding hydrogens is 486 g/mol. The highest BCUT2D eigenvalue weighted by Gasteiger charge is 2.29. The number of hydrogen-bond acceptors (Lipinski definition) is 8. The minimum atomic E-state index is -0.886. The summed E-state index contributed by atoms with van der Waals surface area (Å²) in [5.74, 6) is -2.50. The van der Waals surface area contributed by atoms with Crippen molar-refractivity contribution in [3.63, 3.8) is 0 Å². The zero-order valence-corrected chi connectivity index (χ0v) is 21.9. The molecule has 0 bridgehead atoms. The molecule has 13 heteroatoms. The Morgan fingerprint density at radius 2 is 1.57 bits per heavy atom. The number of ketones is 1. The Labute approximate surface area is 216 Å². The monoisotopic (exact) mass is 525 g/mol. The Kier molecular flexibility index (Phi) is 14.1. The number of hydrogen-bond donors (Lipinski definition) is 4. The van der Waals surface area contributed by atoms with E-state index in [9.17, 15) is 28.8 Å². The van der Waals surface area contributed by atoms with Gasteiger partial charge in [-0.3, -0.25) is 28.9 Å². The van der Waals surface area contributed by atoms with Crippen LogP contribution in [0.15, 0.2) is 12.2 Å². The van der Waals surface area contributed by atoms with Gasteiger partial charge in [0.05, 0.1) is 32.4 Å². The summed E-state index contributed by atoms with van der Waals surface area (Å²) < 4.78 is 10.6. The van der Waals surface area contributed by atoms with Crippen molar-refractivity contribution >= 4 is 35.4 Å². The van der Waals surface area contributed by atoms with Crippen LogP contribution in [-0.2, 0) is 33.4 Å². The fourth-order valence-corrected chi connectivity index (χ4v) is 3.41. The summed E-state index contributed by atoms with van der Waals surface area (Å²) in [5, 5.41) is 7.80. The SMILES string of the molecule is CC(C)C(=O)[C@H](CCCNC(N)=O)NC(=O)[C@@H](NC(=O)COCCOCCN1C(=O)C=CC1=O)C(C)C. The first-order valence-corrected chi connectivity index (χ1v) is 12.3. The summed E-state index contributed by atoms with van der Waals surface area (Å²) in [7, 11) is 0. The fraction of sp³-hybridized carbons (Fsp3) is 0.667. The van der Waals surface area contributed by atoms with E-state index in [0.29, 0.717) is 12.8 Å². The minimum absolute atomic E-state index is 0.0937. The molecule has 1 aliphatic rings. The molecule has 1 aliphatic heterocycles. The van der Waals surface area contributed by atoms with Crippen LogP contribution in [0.25, 0.3) is 0 Å². The predicted molar refractivity (Wildman–Crippen MR) is 133 cm³/mol. The zero-order chi connectivity index (χ0) is 28.0. The number of Topliss-reactive ketones (excluding diaryl/α,β-unsaturated/α-hetero) is 1. The van der Waals surface area contributed by atoms with E-state index in [-0.39, 0.29) is 69.0 Å². The summed E-state index contributed by atoms with van der Waals surface area (Å²) in [4.78, 5) is 72.6. The van der Waals surface area contributed by atoms with Gasteiger partial charge in [0.15, 0.2) is 5.78 Å². The van der Waals surface area contributed by atoms with Crippen LogP contribution >= 0.6 is 0 Å². The minimum Gasteiger partial charge on any atom is -0.377 e. The van der Waals surface area contributed by atoms with Gasteiger partial charge in [-0.25, -0.2) is 4.79 Å². The van der Waals surface area contributed by atoms with Gasteiger partial charge >= 0.3 is 6.03 Å². The average Bonchev–Trinajstić information content (AvgIpc) is 3.14. The normalized spacial score (nSPS) is 14.7. The zero-order valence-electron chi connectivity index (χ0n) is 21.9. The van der Waals surface area contributed by atoms with Crippen molar-refractivity contribution in [1.29, 1.82) is 0 Å². The van der Waals surface area contributed by atoms with Crippen LogP contribution in [0.3, 0.4) is 0 Å². The Morgan fingerprint density at radius 1 is 0.946 bits per heavy atom. The lowest BCUT2D eigenvalue weighted by Crippen LogP contribution is -2.54. The molecule has 6 amide bonds. The van der Waals surface area contributed by atoms with Crippen molar-refractivity contribution in [2.75, 3.05) is 39.5 Å². The van der Waals surface area contributed by atoms with Crippen molar-refractivity contribution in [2.45, 2.75) is 52.6 Å². The summed E-state index contributed by atoms with van der Waals surface area (Å²) in [5.41, 5.74) is 5.04. The smallest absolute Gasteiger partial charge is 0.312 e. The quantitative estimate of drug-likeness (QED) is 0.133. The summed E-state index contributed by atoms with van der Waals surface area (Å²) in [6.07, 6.45) is 3.13. The first kappa shape index (κ1) is 31.7. The molecule has 0 unspecified atom stereocenters. The first-order valence-electron chi connectivity index (χ1n) is 12.3. The Balaban J connectivity index is 2.43. The highest BCUT2D eigenvalue weighted by molar-refractivity contribution is 6.12. The second-order valence-corrected chi connectivity index (χ2v) is 9.17. The molecular formula is C24H39N5O8. The molecule has 208 valence electrons. The standard InChI is InChI=1S/C24H39N5O8/c1-15(2)21(23(34)27-17(22(33)16(3)4)6-5-9-26-24(25)35)28-18(30)14-37-13-12-36-11-10-29-19(31)7-8-20(29)32/h7-8,15-17,21H,5-6,9-14H2,1-4H3,(H,27,34)(H,28,30)(H3,25,26,35)/t17-,21-/m0/s1. The molecule has 0 aromatic carbocycles. The van der Waals surface area contributed by atoms with Gasteiger partial charge in [0.1, 0.15) is 12.6 Å². The molecule has 37 heavy (non-hydrogen) atoms. The number of amides is 6. The van der Waals surface area contributed by atoms with E-state index in [4.69, 9.17) is 15.2 Å². The Morgan fingerprint density at radius 3 is 2.14 bits per heavy atom. The highest BCUT2D eigenvalue weighted by Crippen LogP contribution is 2.09. The van der Waals surface area contributed by atoms with Gasteiger partial charge < -0.3 is 31.2 Å². The van der Waals surface area contributed by atoms with Gasteiger partial charge in [-0.05, 0) is 18.8 Å². The largest absolute Gasteiger partial charge is 0.377 e. The van der Waals surface area contributed by atoms with Gasteiger partial charge in [0, 0.05) is 24.6 Å². The highest BCUT2D eigenvalue weighted by atomic mass is 16.5. The summed E-state index contributed by atoms with van der Waals surface area (Å²) >= 11 is 0. The van der Waals surface area contributed by atoms with Gasteiger partial charge in [0.2, 0.25) is 11.8 Å². The van der Waals surface area contributed by atoms with Crippen LogP contribution in [-0.4, -0.2) is 91.9 Å². The molecule has 2 atom stereocenters. The van der Waals surface area contributed by atoms with E-state index in [1.54, 1.807) is 27.7 Å². The second kappa shape index (κ2) is 16.4. The van der Waals surface area contributed by atoms with Gasteiger partial charge in [-0.1, -0.05) is 27.7 Å². The first-order chi connectivity index (χ1) is 17.4. The van der Waals surface area contributed by atoms with Gasteiger partial charge in [-0.15, -0.1) is 0 Å². The molecule has 0 fully saturated rings. The van der Waals surface area contributed by atoms with E-state index < -0.39 is 29.9 Å². The third-order valence-corrected chi connectivity index (χ3v) is 5.43. The van der Waals surface area contributed by atoms with Gasteiger partial charge in [-0.2, -0.15) is 0 Å². The maximum absolute atomic E-state index is 12.9. The number of ether oxygens (including phenoxy) is 2. The van der Waals surface area contributed by atoms with Crippen molar-refractivity contribution in [3.8, 4) is 0 Å². The van der Waals surface area contributed by atoms with E-state index in [2.05, 4.69) is 16.0 Å². The lowest BCUT2D eigenvalue weighted by molar-refractivity contribution is -0.138. The van der Waals surface area contributed by atoms with E-state index in [0.717, 1.165) is 4.90 Å². The molecule has 1 rings (SSSR count). The number of nitrogens with zero attached hydrogens (tertiary/aromatic N) is 1. The number of urea groups is 1. The molecule has 5 N–H and O–H groups in total. The van der Waals surface area contributed by atoms with Crippen LogP contribution in [0.4, 0.5) is 4.79 Å². The maximum atomic E-state index is 12.9. The van der Waals surface area contributed by atoms with E-state index in [1.807, 2.05) is 0 Å². The van der Waals surface area contributed by atoms with E-state index in [1.165, 1.54) is 12.2 Å². The van der Waals surface area contributed by atoms with E-state index >= 15 is 0 Å². The molecule has 0 spiro atoms. The van der Waals surface area contributed by atoms with Crippen LogP contribution in [0.1, 0.15) is 40.5 Å². The molecule has 0 aliphatic carbocycles. The number of primary amides is 1. The molecule has 0 aromatic rings. The number of carbonyl (C=O) groups is 6. The summed E-state index contributed by atoms with van der Waals surface area (Å²) in [6, 6.07) is -2.32. The van der Waals surface area contributed by atoms with Crippen LogP contribution in [0, 0.1) is 11.8 Å². The average molecular weight is 526 g/mol.